The van der Waals surface area contributed by atoms with Crippen molar-refractivity contribution in [3.05, 3.63) is 112 Å². The second kappa shape index (κ2) is 8.97. The Labute approximate surface area is 213 Å². The van der Waals surface area contributed by atoms with Crippen LogP contribution < -0.4 is 10.2 Å². The maximum atomic E-state index is 5.94. The standard InChI is InChI=1S/C30H32N4S/c1-18-13-19(2)15-25(14-18)33-22(5)17-26(23(33)6)29-28(27-9-7-8-12-31-27)32-30(35)34(29)24-11-10-20(3)21(4)16-24/h7-17,28-29H,1-6H3,(H,32,35). The molecule has 0 saturated carbocycles. The van der Waals surface area contributed by atoms with Gasteiger partial charge in [0.1, 0.15) is 0 Å². The zero-order valence-corrected chi connectivity index (χ0v) is 22.1. The summed E-state index contributed by atoms with van der Waals surface area (Å²) in [5, 5.41) is 4.33. The van der Waals surface area contributed by atoms with E-state index in [1.165, 1.54) is 44.9 Å². The third kappa shape index (κ3) is 4.14. The summed E-state index contributed by atoms with van der Waals surface area (Å²) in [6.45, 7) is 13.0. The van der Waals surface area contributed by atoms with Crippen molar-refractivity contribution in [1.29, 1.82) is 0 Å². The quantitative estimate of drug-likeness (QED) is 0.322. The van der Waals surface area contributed by atoms with E-state index in [1.54, 1.807) is 0 Å². The number of pyridine rings is 1. The number of benzene rings is 2. The normalized spacial score (nSPS) is 17.7. The molecule has 5 heteroatoms. The summed E-state index contributed by atoms with van der Waals surface area (Å²) in [6.07, 6.45) is 1.86. The Balaban J connectivity index is 1.70. The van der Waals surface area contributed by atoms with Gasteiger partial charge in [0, 0.05) is 29.0 Å². The highest BCUT2D eigenvalue weighted by atomic mass is 32.1. The predicted molar refractivity (Wildman–Crippen MR) is 149 cm³/mol. The molecule has 4 aromatic rings. The van der Waals surface area contributed by atoms with Crippen LogP contribution in [0.4, 0.5) is 5.69 Å². The van der Waals surface area contributed by atoms with Crippen LogP contribution in [-0.2, 0) is 0 Å². The van der Waals surface area contributed by atoms with E-state index in [9.17, 15) is 0 Å². The summed E-state index contributed by atoms with van der Waals surface area (Å²) >= 11 is 5.94. The Morgan fingerprint density at radius 1 is 0.800 bits per heavy atom. The summed E-state index contributed by atoms with van der Waals surface area (Å²) in [5.74, 6) is 0. The molecule has 1 N–H and O–H groups in total. The van der Waals surface area contributed by atoms with Crippen molar-refractivity contribution in [2.24, 2.45) is 0 Å². The van der Waals surface area contributed by atoms with Gasteiger partial charge in [-0.15, -0.1) is 0 Å². The highest BCUT2D eigenvalue weighted by Gasteiger charge is 2.42. The summed E-state index contributed by atoms with van der Waals surface area (Å²) in [6, 6.07) is 21.6. The Bertz CT molecular complexity index is 1400. The fourth-order valence-corrected chi connectivity index (χ4v) is 5.73. The zero-order chi connectivity index (χ0) is 24.9. The lowest BCUT2D eigenvalue weighted by atomic mass is 9.96. The summed E-state index contributed by atoms with van der Waals surface area (Å²) < 4.78 is 2.37. The zero-order valence-electron chi connectivity index (χ0n) is 21.3. The van der Waals surface area contributed by atoms with E-state index in [0.29, 0.717) is 0 Å². The molecule has 1 fully saturated rings. The van der Waals surface area contributed by atoms with Crippen LogP contribution in [0.15, 0.2) is 66.9 Å². The molecule has 0 radical (unpaired) electrons. The van der Waals surface area contributed by atoms with Crippen LogP contribution in [0.5, 0.6) is 0 Å². The fraction of sp³-hybridized carbons (Fsp3) is 0.267. The van der Waals surface area contributed by atoms with Gasteiger partial charge >= 0.3 is 0 Å². The number of aromatic nitrogens is 2. The molecule has 5 rings (SSSR count). The number of nitrogens with one attached hydrogen (secondary N) is 1. The molecule has 2 aromatic heterocycles. The molecule has 1 saturated heterocycles. The predicted octanol–water partition coefficient (Wildman–Crippen LogP) is 6.90. The van der Waals surface area contributed by atoms with E-state index in [1.807, 2.05) is 18.3 Å². The molecule has 4 nitrogen and oxygen atoms in total. The minimum Gasteiger partial charge on any atom is -0.351 e. The molecule has 1 aliphatic rings. The van der Waals surface area contributed by atoms with Crippen LogP contribution in [-0.4, -0.2) is 14.7 Å². The second-order valence-electron chi connectivity index (χ2n) is 9.77. The highest BCUT2D eigenvalue weighted by Crippen LogP contribution is 2.44. The van der Waals surface area contributed by atoms with Gasteiger partial charge in [0.2, 0.25) is 0 Å². The molecule has 1 aliphatic heterocycles. The Hall–Kier alpha value is -3.44. The van der Waals surface area contributed by atoms with Crippen molar-refractivity contribution < 1.29 is 0 Å². The summed E-state index contributed by atoms with van der Waals surface area (Å²) in [4.78, 5) is 6.99. The van der Waals surface area contributed by atoms with Crippen LogP contribution in [0.25, 0.3) is 5.69 Å². The molecule has 3 heterocycles. The Morgan fingerprint density at radius 2 is 1.54 bits per heavy atom. The highest BCUT2D eigenvalue weighted by molar-refractivity contribution is 7.80. The first-order valence-corrected chi connectivity index (χ1v) is 12.5. The van der Waals surface area contributed by atoms with Gasteiger partial charge in [0.15, 0.2) is 5.11 Å². The number of aryl methyl sites for hydroxylation is 5. The first-order chi connectivity index (χ1) is 16.7. The maximum Gasteiger partial charge on any atom is 0.174 e. The van der Waals surface area contributed by atoms with Gasteiger partial charge in [0.05, 0.1) is 17.8 Å². The van der Waals surface area contributed by atoms with Gasteiger partial charge < -0.3 is 14.8 Å². The third-order valence-electron chi connectivity index (χ3n) is 7.12. The average Bonchev–Trinajstić information content (AvgIpc) is 3.31. The number of hydrogen-bond acceptors (Lipinski definition) is 2. The fourth-order valence-electron chi connectivity index (χ4n) is 5.39. The molecular weight excluding hydrogens is 448 g/mol. The topological polar surface area (TPSA) is 33.1 Å². The third-order valence-corrected chi connectivity index (χ3v) is 7.43. The van der Waals surface area contributed by atoms with Crippen molar-refractivity contribution in [3.8, 4) is 5.69 Å². The van der Waals surface area contributed by atoms with Gasteiger partial charge in [-0.3, -0.25) is 4.98 Å². The van der Waals surface area contributed by atoms with E-state index in [-0.39, 0.29) is 12.1 Å². The summed E-state index contributed by atoms with van der Waals surface area (Å²) in [7, 11) is 0. The van der Waals surface area contributed by atoms with Crippen molar-refractivity contribution in [1.82, 2.24) is 14.9 Å². The number of nitrogens with zero attached hydrogens (tertiary/aromatic N) is 3. The minimum atomic E-state index is -0.0569. The molecule has 0 aliphatic carbocycles. The van der Waals surface area contributed by atoms with Crippen LogP contribution in [0.1, 0.15) is 57.0 Å². The number of anilines is 1. The van der Waals surface area contributed by atoms with E-state index < -0.39 is 0 Å². The molecule has 2 unspecified atom stereocenters. The molecular formula is C30H32N4S. The first kappa shape index (κ1) is 23.3. The Kier molecular flexibility index (Phi) is 5.97. The molecule has 2 atom stereocenters. The van der Waals surface area contributed by atoms with E-state index in [2.05, 4.69) is 105 Å². The number of rotatable bonds is 4. The average molecular weight is 481 g/mol. The van der Waals surface area contributed by atoms with Crippen molar-refractivity contribution >= 4 is 23.0 Å². The van der Waals surface area contributed by atoms with Crippen molar-refractivity contribution in [2.45, 2.75) is 53.6 Å². The molecule has 0 amide bonds. The van der Waals surface area contributed by atoms with Crippen molar-refractivity contribution in [2.75, 3.05) is 4.90 Å². The molecule has 35 heavy (non-hydrogen) atoms. The van der Waals surface area contributed by atoms with E-state index >= 15 is 0 Å². The molecule has 2 aromatic carbocycles. The van der Waals surface area contributed by atoms with E-state index in [4.69, 9.17) is 17.2 Å². The van der Waals surface area contributed by atoms with Gasteiger partial charge in [-0.2, -0.15) is 0 Å². The van der Waals surface area contributed by atoms with Crippen LogP contribution in [0.3, 0.4) is 0 Å². The van der Waals surface area contributed by atoms with Gasteiger partial charge in [0.25, 0.3) is 0 Å². The van der Waals surface area contributed by atoms with Crippen LogP contribution in [0.2, 0.25) is 0 Å². The lowest BCUT2D eigenvalue weighted by Gasteiger charge is -2.28. The van der Waals surface area contributed by atoms with Gasteiger partial charge in [-0.25, -0.2) is 0 Å². The van der Waals surface area contributed by atoms with Crippen LogP contribution in [0, 0.1) is 41.5 Å². The molecule has 0 spiro atoms. The summed E-state index contributed by atoms with van der Waals surface area (Å²) in [5.41, 5.74) is 12.0. The van der Waals surface area contributed by atoms with Crippen LogP contribution >= 0.6 is 12.2 Å². The number of hydrogen-bond donors (Lipinski definition) is 1. The Morgan fingerprint density at radius 3 is 2.20 bits per heavy atom. The first-order valence-electron chi connectivity index (χ1n) is 12.1. The molecule has 0 bridgehead atoms. The lowest BCUT2D eigenvalue weighted by molar-refractivity contribution is 0.565. The maximum absolute atomic E-state index is 5.94. The molecule has 178 valence electrons. The second-order valence-corrected chi connectivity index (χ2v) is 10.2. The number of thiocarbonyl (C=S) groups is 1. The van der Waals surface area contributed by atoms with Gasteiger partial charge in [-0.05, 0) is 124 Å². The monoisotopic (exact) mass is 480 g/mol. The largest absolute Gasteiger partial charge is 0.351 e. The smallest absolute Gasteiger partial charge is 0.174 e. The lowest BCUT2D eigenvalue weighted by Crippen LogP contribution is -2.29. The van der Waals surface area contributed by atoms with Gasteiger partial charge in [-0.1, -0.05) is 18.2 Å². The minimum absolute atomic E-state index is 0.0228. The van der Waals surface area contributed by atoms with E-state index in [0.717, 1.165) is 16.5 Å². The SMILES string of the molecule is Cc1cc(C)cc(-n2c(C)cc(C3C(c4ccccn4)NC(=S)N3c3ccc(C)c(C)c3)c2C)c1. The van der Waals surface area contributed by atoms with Crippen molar-refractivity contribution in [3.63, 3.8) is 0 Å².